The Morgan fingerprint density at radius 3 is 2.53 bits per heavy atom. The van der Waals surface area contributed by atoms with E-state index < -0.39 is 18.1 Å². The van der Waals surface area contributed by atoms with Crippen LogP contribution in [0.4, 0.5) is 0 Å². The molecule has 3 aromatic carbocycles. The van der Waals surface area contributed by atoms with Crippen molar-refractivity contribution in [3.8, 4) is 34.8 Å². The van der Waals surface area contributed by atoms with E-state index in [1.807, 2.05) is 54.6 Å². The minimum atomic E-state index is -0.962. The average molecular weight is 601 g/mol. The SMILES string of the molecule is N#Cc1cncc(COc2cc(OCc3cccc(-c4ccccc4)c3C#N)c3c(c2CN2C[C@H](O)C[C@H]2C(=O)O)CCC3)c1. The Balaban J connectivity index is 1.34. The van der Waals surface area contributed by atoms with Crippen molar-refractivity contribution in [2.75, 3.05) is 6.54 Å². The van der Waals surface area contributed by atoms with E-state index in [4.69, 9.17) is 9.47 Å². The fourth-order valence-corrected chi connectivity index (χ4v) is 6.39. The van der Waals surface area contributed by atoms with Crippen molar-refractivity contribution in [1.82, 2.24) is 9.88 Å². The Morgan fingerprint density at radius 1 is 0.956 bits per heavy atom. The highest BCUT2D eigenvalue weighted by Crippen LogP contribution is 2.41. The van der Waals surface area contributed by atoms with Gasteiger partial charge in [-0.3, -0.25) is 14.7 Å². The second-order valence-corrected chi connectivity index (χ2v) is 11.4. The number of hydrogen-bond donors (Lipinski definition) is 2. The van der Waals surface area contributed by atoms with Gasteiger partial charge in [-0.2, -0.15) is 10.5 Å². The standard InChI is InChI=1S/C36H32N4O5/c37-15-23-12-24(18-39-17-23)21-44-35-14-34(45-22-26-8-4-9-28(31(26)16-38)25-6-2-1-3-7-25)30-11-5-10-29(30)32(35)20-40-19-27(41)13-33(40)36(42)43/h1-4,6-9,12,14,17-18,27,33,41H,5,10-11,13,19-22H2,(H,42,43)/t27-,33+/m1/s1. The van der Waals surface area contributed by atoms with E-state index in [0.717, 1.165) is 58.2 Å². The summed E-state index contributed by atoms with van der Waals surface area (Å²) in [5.74, 6) is 0.253. The van der Waals surface area contributed by atoms with Crippen molar-refractivity contribution in [1.29, 1.82) is 10.5 Å². The van der Waals surface area contributed by atoms with Crippen LogP contribution in [0.15, 0.2) is 73.1 Å². The molecule has 2 atom stereocenters. The lowest BCUT2D eigenvalue weighted by Crippen LogP contribution is -2.35. The van der Waals surface area contributed by atoms with E-state index in [-0.39, 0.29) is 26.2 Å². The normalized spacial score (nSPS) is 17.3. The van der Waals surface area contributed by atoms with Gasteiger partial charge in [0.05, 0.1) is 17.2 Å². The summed E-state index contributed by atoms with van der Waals surface area (Å²) in [5, 5.41) is 39.6. The molecule has 226 valence electrons. The van der Waals surface area contributed by atoms with E-state index in [2.05, 4.69) is 17.1 Å². The Labute approximate surface area is 261 Å². The van der Waals surface area contributed by atoms with Gasteiger partial charge in [0.2, 0.25) is 0 Å². The lowest BCUT2D eigenvalue weighted by Gasteiger charge is -2.25. The molecule has 0 bridgehead atoms. The van der Waals surface area contributed by atoms with Gasteiger partial charge in [-0.05, 0) is 47.6 Å². The van der Waals surface area contributed by atoms with Crippen molar-refractivity contribution >= 4 is 5.97 Å². The van der Waals surface area contributed by atoms with Crippen LogP contribution in [-0.4, -0.2) is 44.8 Å². The average Bonchev–Trinajstić information content (AvgIpc) is 3.71. The van der Waals surface area contributed by atoms with Gasteiger partial charge < -0.3 is 19.7 Å². The summed E-state index contributed by atoms with van der Waals surface area (Å²) in [6.45, 7) is 0.894. The molecule has 6 rings (SSSR count). The summed E-state index contributed by atoms with van der Waals surface area (Å²) in [4.78, 5) is 18.0. The van der Waals surface area contributed by atoms with Crippen molar-refractivity contribution in [3.05, 3.63) is 112 Å². The number of aromatic nitrogens is 1. The minimum absolute atomic E-state index is 0.149. The minimum Gasteiger partial charge on any atom is -0.488 e. The van der Waals surface area contributed by atoms with Crippen LogP contribution in [0.5, 0.6) is 11.5 Å². The fourth-order valence-electron chi connectivity index (χ4n) is 6.39. The zero-order chi connectivity index (χ0) is 31.3. The number of carboxylic acid groups (broad SMARTS) is 1. The predicted octanol–water partition coefficient (Wildman–Crippen LogP) is 5.16. The third kappa shape index (κ3) is 6.37. The first-order chi connectivity index (χ1) is 21.9. The second-order valence-electron chi connectivity index (χ2n) is 11.4. The van der Waals surface area contributed by atoms with Crippen LogP contribution in [0.2, 0.25) is 0 Å². The molecule has 0 unspecified atom stereocenters. The summed E-state index contributed by atoms with van der Waals surface area (Å²) < 4.78 is 12.8. The zero-order valence-corrected chi connectivity index (χ0v) is 24.6. The predicted molar refractivity (Wildman–Crippen MR) is 165 cm³/mol. The van der Waals surface area contributed by atoms with Crippen LogP contribution in [0.1, 0.15) is 51.8 Å². The van der Waals surface area contributed by atoms with Gasteiger partial charge in [-0.1, -0.05) is 48.5 Å². The number of likely N-dealkylation sites (tertiary alicyclic amines) is 1. The molecule has 1 aliphatic carbocycles. The number of pyridine rings is 1. The highest BCUT2D eigenvalue weighted by molar-refractivity contribution is 5.74. The summed E-state index contributed by atoms with van der Waals surface area (Å²) >= 11 is 0. The number of nitrogens with zero attached hydrogens (tertiary/aromatic N) is 4. The third-order valence-corrected chi connectivity index (χ3v) is 8.52. The molecule has 45 heavy (non-hydrogen) atoms. The Bertz CT molecular complexity index is 1810. The molecule has 1 aliphatic heterocycles. The maximum atomic E-state index is 12.0. The molecule has 1 fully saturated rings. The molecule has 9 heteroatoms. The quantitative estimate of drug-likeness (QED) is 0.253. The third-order valence-electron chi connectivity index (χ3n) is 8.52. The van der Waals surface area contributed by atoms with Crippen molar-refractivity contribution in [3.63, 3.8) is 0 Å². The summed E-state index contributed by atoms with van der Waals surface area (Å²) in [6.07, 6.45) is 5.08. The zero-order valence-electron chi connectivity index (χ0n) is 24.6. The number of nitriles is 2. The van der Waals surface area contributed by atoms with Gasteiger partial charge in [0.1, 0.15) is 42.9 Å². The Kier molecular flexibility index (Phi) is 8.74. The molecular formula is C36H32N4O5. The Hall–Kier alpha value is -5.22. The van der Waals surface area contributed by atoms with Crippen LogP contribution in [-0.2, 0) is 37.4 Å². The molecule has 2 heterocycles. The number of ether oxygens (including phenoxy) is 2. The molecule has 0 radical (unpaired) electrons. The van der Waals surface area contributed by atoms with E-state index in [0.29, 0.717) is 29.2 Å². The number of β-amino-alcohol motifs (C(OH)–C–C–N with tert-alkyl or cyclic N) is 1. The number of aliphatic carboxylic acids is 1. The van der Waals surface area contributed by atoms with E-state index in [1.165, 1.54) is 6.20 Å². The number of fused-ring (bicyclic) bond motifs is 1. The van der Waals surface area contributed by atoms with Gasteiger partial charge in [0.25, 0.3) is 0 Å². The molecule has 1 aromatic heterocycles. The first kappa shape index (κ1) is 29.8. The topological polar surface area (TPSA) is 140 Å². The number of hydrogen-bond acceptors (Lipinski definition) is 8. The Morgan fingerprint density at radius 2 is 1.76 bits per heavy atom. The fraction of sp³-hybridized carbons (Fsp3) is 0.278. The van der Waals surface area contributed by atoms with Crippen molar-refractivity contribution in [2.24, 2.45) is 0 Å². The molecule has 1 saturated heterocycles. The lowest BCUT2D eigenvalue weighted by atomic mass is 9.96. The van der Waals surface area contributed by atoms with Crippen LogP contribution >= 0.6 is 0 Å². The first-order valence-corrected chi connectivity index (χ1v) is 14.9. The van der Waals surface area contributed by atoms with E-state index in [9.17, 15) is 25.5 Å². The molecule has 0 saturated carbocycles. The molecular weight excluding hydrogens is 568 g/mol. The largest absolute Gasteiger partial charge is 0.488 e. The molecule has 9 nitrogen and oxygen atoms in total. The number of carbonyl (C=O) groups is 1. The van der Waals surface area contributed by atoms with E-state index >= 15 is 0 Å². The smallest absolute Gasteiger partial charge is 0.321 e. The van der Waals surface area contributed by atoms with Crippen LogP contribution in [0, 0.1) is 22.7 Å². The molecule has 0 amide bonds. The maximum Gasteiger partial charge on any atom is 0.321 e. The van der Waals surface area contributed by atoms with Gasteiger partial charge in [-0.25, -0.2) is 0 Å². The number of benzene rings is 3. The number of carboxylic acids is 1. The van der Waals surface area contributed by atoms with Gasteiger partial charge in [0, 0.05) is 54.7 Å². The van der Waals surface area contributed by atoms with Crippen molar-refractivity contribution in [2.45, 2.75) is 57.6 Å². The van der Waals surface area contributed by atoms with Gasteiger partial charge in [0.15, 0.2) is 0 Å². The first-order valence-electron chi connectivity index (χ1n) is 14.9. The molecule has 2 aliphatic rings. The van der Waals surface area contributed by atoms with Crippen LogP contribution in [0.25, 0.3) is 11.1 Å². The van der Waals surface area contributed by atoms with Gasteiger partial charge >= 0.3 is 5.97 Å². The van der Waals surface area contributed by atoms with E-state index in [1.54, 1.807) is 17.2 Å². The molecule has 2 N–H and O–H groups in total. The number of aliphatic hydroxyl groups excluding tert-OH is 1. The summed E-state index contributed by atoms with van der Waals surface area (Å²) in [7, 11) is 0. The second kappa shape index (κ2) is 13.2. The van der Waals surface area contributed by atoms with Crippen LogP contribution < -0.4 is 9.47 Å². The van der Waals surface area contributed by atoms with Gasteiger partial charge in [-0.15, -0.1) is 0 Å². The highest BCUT2D eigenvalue weighted by Gasteiger charge is 2.37. The highest BCUT2D eigenvalue weighted by atomic mass is 16.5. The number of aliphatic hydroxyl groups is 1. The van der Waals surface area contributed by atoms with Crippen LogP contribution in [0.3, 0.4) is 0 Å². The summed E-state index contributed by atoms with van der Waals surface area (Å²) in [6, 6.07) is 22.8. The monoisotopic (exact) mass is 600 g/mol. The molecule has 0 spiro atoms. The van der Waals surface area contributed by atoms with Crippen molar-refractivity contribution < 1.29 is 24.5 Å². The molecule has 4 aromatic rings. The number of rotatable bonds is 10. The maximum absolute atomic E-state index is 12.0. The lowest BCUT2D eigenvalue weighted by molar-refractivity contribution is -0.142. The summed E-state index contributed by atoms with van der Waals surface area (Å²) in [5.41, 5.74) is 7.28.